The van der Waals surface area contributed by atoms with Gasteiger partial charge in [-0.2, -0.15) is 0 Å². The number of nitrogens with zero attached hydrogens (tertiary/aromatic N) is 1. The van der Waals surface area contributed by atoms with Gasteiger partial charge in [0.2, 0.25) is 0 Å². The van der Waals surface area contributed by atoms with Gasteiger partial charge >= 0.3 is 0 Å². The molecule has 1 aromatic heterocycles. The summed E-state index contributed by atoms with van der Waals surface area (Å²) < 4.78 is 1.33. The lowest BCUT2D eigenvalue weighted by Gasteiger charge is -2.35. The first-order valence-corrected chi connectivity index (χ1v) is 19.8. The SMILES string of the molecule is c1ccc(N(c2ccc(-c3cc4ccccc4c4ccccc34)cc2)c2cccc3c2C2(c4ccccc4-3)c3ccccc3-c3sc4ccccc4c32)cc1. The second kappa shape index (κ2) is 11.6. The molecular formula is C53H33NS. The van der Waals surface area contributed by atoms with Crippen LogP contribution in [0.3, 0.4) is 0 Å². The van der Waals surface area contributed by atoms with E-state index < -0.39 is 5.41 Å². The highest BCUT2D eigenvalue weighted by Crippen LogP contribution is 2.68. The number of thiophene rings is 1. The highest BCUT2D eigenvalue weighted by Gasteiger charge is 2.54. The summed E-state index contributed by atoms with van der Waals surface area (Å²) in [6.45, 7) is 0. The Kier molecular flexibility index (Phi) is 6.49. The van der Waals surface area contributed by atoms with Gasteiger partial charge in [-0.05, 0) is 114 Å². The number of para-hydroxylation sites is 1. The molecule has 0 bridgehead atoms. The van der Waals surface area contributed by atoms with Crippen molar-refractivity contribution in [2.75, 3.05) is 4.90 Å². The Hall–Kier alpha value is -6.74. The third-order valence-electron chi connectivity index (χ3n) is 12.0. The molecule has 10 aromatic rings. The Bertz CT molecular complexity index is 3160. The van der Waals surface area contributed by atoms with Gasteiger partial charge in [0, 0.05) is 26.5 Å². The first kappa shape index (κ1) is 30.7. The Morgan fingerprint density at radius 2 is 0.982 bits per heavy atom. The number of hydrogen-bond donors (Lipinski definition) is 0. The molecule has 1 spiro atoms. The number of anilines is 3. The standard InChI is InChI=1S/C53H33NS/c1-2-16-36(17-3-1)54(37-31-29-34(30-32-37)45-33-35-15-4-5-18-38(35)39-19-6-7-20-40(39)45)48-27-14-24-42-41-21-8-11-25-46(41)53(50(42)48)47-26-12-9-22-43(47)52-51(53)44-23-10-13-28-49(44)55-52/h1-33H. The minimum absolute atomic E-state index is 0.481. The first-order valence-electron chi connectivity index (χ1n) is 19.0. The van der Waals surface area contributed by atoms with Crippen LogP contribution in [0.4, 0.5) is 17.1 Å². The van der Waals surface area contributed by atoms with Gasteiger partial charge < -0.3 is 4.90 Å². The van der Waals surface area contributed by atoms with E-state index in [0.29, 0.717) is 0 Å². The van der Waals surface area contributed by atoms with E-state index in [0.717, 1.165) is 11.4 Å². The Morgan fingerprint density at radius 3 is 1.80 bits per heavy atom. The smallest absolute Gasteiger partial charge is 0.0760 e. The van der Waals surface area contributed by atoms with E-state index >= 15 is 0 Å². The Labute approximate surface area is 324 Å². The molecule has 12 rings (SSSR count). The number of hydrogen-bond acceptors (Lipinski definition) is 2. The number of fused-ring (bicyclic) bond motifs is 15. The molecule has 2 aliphatic carbocycles. The molecule has 1 atom stereocenters. The molecule has 1 heterocycles. The van der Waals surface area contributed by atoms with Crippen LogP contribution in [0.15, 0.2) is 200 Å². The normalized spacial score (nSPS) is 15.0. The highest BCUT2D eigenvalue weighted by atomic mass is 32.1. The molecule has 0 N–H and O–H groups in total. The average molecular weight is 716 g/mol. The molecule has 0 saturated heterocycles. The molecule has 9 aromatic carbocycles. The van der Waals surface area contributed by atoms with Crippen molar-refractivity contribution in [1.29, 1.82) is 0 Å². The van der Waals surface area contributed by atoms with Crippen LogP contribution in [-0.2, 0) is 5.41 Å². The molecular weight excluding hydrogens is 683 g/mol. The van der Waals surface area contributed by atoms with Crippen LogP contribution in [0.5, 0.6) is 0 Å². The zero-order chi connectivity index (χ0) is 36.1. The van der Waals surface area contributed by atoms with E-state index in [9.17, 15) is 0 Å². The summed E-state index contributed by atoms with van der Waals surface area (Å²) in [6.07, 6.45) is 0. The van der Waals surface area contributed by atoms with Crippen molar-refractivity contribution in [1.82, 2.24) is 0 Å². The summed E-state index contributed by atoms with van der Waals surface area (Å²) >= 11 is 1.93. The van der Waals surface area contributed by atoms with Gasteiger partial charge in [0.15, 0.2) is 0 Å². The van der Waals surface area contributed by atoms with Gasteiger partial charge in [0.05, 0.1) is 11.1 Å². The van der Waals surface area contributed by atoms with Crippen molar-refractivity contribution in [2.45, 2.75) is 5.41 Å². The quantitative estimate of drug-likeness (QED) is 0.164. The molecule has 2 heteroatoms. The fourth-order valence-electron chi connectivity index (χ4n) is 9.90. The van der Waals surface area contributed by atoms with Gasteiger partial charge in [0.1, 0.15) is 0 Å². The summed E-state index contributed by atoms with van der Waals surface area (Å²) in [5, 5.41) is 6.44. The second-order valence-electron chi connectivity index (χ2n) is 14.8. The predicted octanol–water partition coefficient (Wildman–Crippen LogP) is 14.7. The molecule has 55 heavy (non-hydrogen) atoms. The highest BCUT2D eigenvalue weighted by molar-refractivity contribution is 7.22. The molecule has 0 fully saturated rings. The van der Waals surface area contributed by atoms with Gasteiger partial charge in [-0.25, -0.2) is 0 Å². The maximum absolute atomic E-state index is 2.49. The summed E-state index contributed by atoms with van der Waals surface area (Å²) in [5.74, 6) is 0. The lowest BCUT2D eigenvalue weighted by atomic mass is 9.69. The minimum atomic E-state index is -0.481. The van der Waals surface area contributed by atoms with Crippen molar-refractivity contribution < 1.29 is 0 Å². The Balaban J connectivity index is 1.12. The Morgan fingerprint density at radius 1 is 0.382 bits per heavy atom. The molecule has 0 amide bonds. The van der Waals surface area contributed by atoms with E-state index in [1.807, 2.05) is 11.3 Å². The van der Waals surface area contributed by atoms with E-state index in [2.05, 4.69) is 205 Å². The van der Waals surface area contributed by atoms with Crippen LogP contribution in [0.1, 0.15) is 22.3 Å². The summed E-state index contributed by atoms with van der Waals surface area (Å²) in [7, 11) is 0. The molecule has 256 valence electrons. The second-order valence-corrected chi connectivity index (χ2v) is 15.8. The van der Waals surface area contributed by atoms with Gasteiger partial charge in [0.25, 0.3) is 0 Å². The fraction of sp³-hybridized carbons (Fsp3) is 0.0189. The zero-order valence-corrected chi connectivity index (χ0v) is 30.7. The molecule has 0 radical (unpaired) electrons. The van der Waals surface area contributed by atoms with Crippen molar-refractivity contribution >= 4 is 60.0 Å². The van der Waals surface area contributed by atoms with Crippen molar-refractivity contribution in [3.05, 3.63) is 222 Å². The summed E-state index contributed by atoms with van der Waals surface area (Å²) in [5.41, 5.74) is 14.9. The van der Waals surface area contributed by atoms with Crippen LogP contribution in [0, 0.1) is 0 Å². The monoisotopic (exact) mass is 715 g/mol. The van der Waals surface area contributed by atoms with Crippen molar-refractivity contribution in [2.24, 2.45) is 0 Å². The van der Waals surface area contributed by atoms with E-state index in [1.54, 1.807) is 0 Å². The summed E-state index contributed by atoms with van der Waals surface area (Å²) in [4.78, 5) is 3.87. The lowest BCUT2D eigenvalue weighted by Crippen LogP contribution is -2.28. The first-order chi connectivity index (χ1) is 27.3. The molecule has 1 unspecified atom stereocenters. The number of benzene rings is 9. The summed E-state index contributed by atoms with van der Waals surface area (Å²) in [6, 6.07) is 74.3. The van der Waals surface area contributed by atoms with Gasteiger partial charge in [-0.15, -0.1) is 11.3 Å². The third kappa shape index (κ3) is 4.18. The maximum Gasteiger partial charge on any atom is 0.0760 e. The third-order valence-corrected chi connectivity index (χ3v) is 13.2. The van der Waals surface area contributed by atoms with Gasteiger partial charge in [-0.3, -0.25) is 0 Å². The van der Waals surface area contributed by atoms with Crippen LogP contribution in [0.25, 0.3) is 64.3 Å². The lowest BCUT2D eigenvalue weighted by molar-refractivity contribution is 0.801. The minimum Gasteiger partial charge on any atom is -0.310 e. The zero-order valence-electron chi connectivity index (χ0n) is 29.9. The molecule has 0 aliphatic heterocycles. The van der Waals surface area contributed by atoms with Crippen LogP contribution < -0.4 is 4.90 Å². The number of rotatable bonds is 4. The van der Waals surface area contributed by atoms with Crippen molar-refractivity contribution in [3.8, 4) is 32.7 Å². The largest absolute Gasteiger partial charge is 0.310 e. The fourth-order valence-corrected chi connectivity index (χ4v) is 11.2. The van der Waals surface area contributed by atoms with Gasteiger partial charge in [-0.1, -0.05) is 158 Å². The molecule has 0 saturated carbocycles. The van der Waals surface area contributed by atoms with Crippen LogP contribution in [-0.4, -0.2) is 0 Å². The van der Waals surface area contributed by atoms with Crippen LogP contribution in [0.2, 0.25) is 0 Å². The van der Waals surface area contributed by atoms with E-state index in [4.69, 9.17) is 0 Å². The van der Waals surface area contributed by atoms with Crippen molar-refractivity contribution in [3.63, 3.8) is 0 Å². The average Bonchev–Trinajstić information content (AvgIpc) is 3.88. The van der Waals surface area contributed by atoms with E-state index in [1.165, 1.54) is 92.3 Å². The molecule has 2 aliphatic rings. The topological polar surface area (TPSA) is 3.24 Å². The predicted molar refractivity (Wildman–Crippen MR) is 233 cm³/mol. The van der Waals surface area contributed by atoms with E-state index in [-0.39, 0.29) is 0 Å². The maximum atomic E-state index is 2.49. The molecule has 1 nitrogen and oxygen atoms in total. The van der Waals surface area contributed by atoms with Crippen LogP contribution >= 0.6 is 11.3 Å².